The first-order valence-electron chi connectivity index (χ1n) is 7.33. The first-order chi connectivity index (χ1) is 9.13. The molecule has 1 N–H and O–H groups in total. The molecule has 104 valence electrons. The maximum Gasteiger partial charge on any atom is 0.137 e. The minimum atomic E-state index is 0.548. The lowest BCUT2D eigenvalue weighted by molar-refractivity contribution is 0.546. The second-order valence-corrected chi connectivity index (χ2v) is 5.82. The number of para-hydroxylation sites is 1. The third kappa shape index (κ3) is 3.19. The summed E-state index contributed by atoms with van der Waals surface area (Å²) in [4.78, 5) is 0. The van der Waals surface area contributed by atoms with E-state index in [9.17, 15) is 0 Å². The molecule has 0 radical (unpaired) electrons. The monoisotopic (exact) mass is 259 g/mol. The van der Waals surface area contributed by atoms with Gasteiger partial charge in [-0.25, -0.2) is 0 Å². The summed E-state index contributed by atoms with van der Waals surface area (Å²) in [6, 6.07) is 6.49. The summed E-state index contributed by atoms with van der Waals surface area (Å²) in [7, 11) is 0. The van der Waals surface area contributed by atoms with Crippen LogP contribution in [0.4, 0.5) is 0 Å². The third-order valence-corrected chi connectivity index (χ3v) is 3.72. The van der Waals surface area contributed by atoms with Crippen LogP contribution >= 0.6 is 0 Å². The van der Waals surface area contributed by atoms with Crippen LogP contribution in [0.5, 0.6) is 0 Å². The molecule has 1 heterocycles. The zero-order valence-corrected chi connectivity index (χ0v) is 12.5. The second kappa shape index (κ2) is 6.25. The van der Waals surface area contributed by atoms with E-state index < -0.39 is 0 Å². The summed E-state index contributed by atoms with van der Waals surface area (Å²) in [5.74, 6) is 1.22. The lowest BCUT2D eigenvalue weighted by Gasteiger charge is -2.09. The highest BCUT2D eigenvalue weighted by Crippen LogP contribution is 2.30. The first kappa shape index (κ1) is 14.1. The van der Waals surface area contributed by atoms with E-state index in [2.05, 4.69) is 51.2 Å². The van der Waals surface area contributed by atoms with Gasteiger partial charge in [-0.3, -0.25) is 0 Å². The smallest absolute Gasteiger partial charge is 0.137 e. The SMILES string of the molecule is CCC(C)c1cccc2c(CNCC(C)C)coc12. The summed E-state index contributed by atoms with van der Waals surface area (Å²) in [5, 5.41) is 4.74. The molecule has 2 rings (SSSR count). The second-order valence-electron chi connectivity index (χ2n) is 5.82. The molecule has 2 aromatic rings. The molecule has 2 nitrogen and oxygen atoms in total. The van der Waals surface area contributed by atoms with E-state index in [1.165, 1.54) is 16.5 Å². The molecule has 1 unspecified atom stereocenters. The molecule has 1 aromatic heterocycles. The van der Waals surface area contributed by atoms with Gasteiger partial charge in [0.05, 0.1) is 6.26 Å². The van der Waals surface area contributed by atoms with Crippen molar-refractivity contribution in [3.63, 3.8) is 0 Å². The van der Waals surface area contributed by atoms with Crippen LogP contribution in [0.2, 0.25) is 0 Å². The maximum atomic E-state index is 5.82. The van der Waals surface area contributed by atoms with Gasteiger partial charge in [0, 0.05) is 17.5 Å². The number of hydrogen-bond acceptors (Lipinski definition) is 2. The Labute approximate surface area is 116 Å². The Bertz CT molecular complexity index is 527. The van der Waals surface area contributed by atoms with Crippen molar-refractivity contribution >= 4 is 11.0 Å². The summed E-state index contributed by atoms with van der Waals surface area (Å²) in [5.41, 5.74) is 3.66. The fraction of sp³-hybridized carbons (Fsp3) is 0.529. The van der Waals surface area contributed by atoms with Crippen molar-refractivity contribution in [2.24, 2.45) is 5.92 Å². The fourth-order valence-corrected chi connectivity index (χ4v) is 2.37. The van der Waals surface area contributed by atoms with Gasteiger partial charge in [-0.05, 0) is 30.4 Å². The highest BCUT2D eigenvalue weighted by molar-refractivity contribution is 5.84. The normalized spacial score (nSPS) is 13.3. The standard InChI is InChI=1S/C17H25NO/c1-5-13(4)15-7-6-8-16-14(11-19-17(15)16)10-18-9-12(2)3/h6-8,11-13,18H,5,9-10H2,1-4H3. The van der Waals surface area contributed by atoms with E-state index in [-0.39, 0.29) is 0 Å². The Morgan fingerprint density at radius 3 is 2.68 bits per heavy atom. The van der Waals surface area contributed by atoms with Crippen molar-refractivity contribution in [3.8, 4) is 0 Å². The van der Waals surface area contributed by atoms with Crippen molar-refractivity contribution < 1.29 is 4.42 Å². The van der Waals surface area contributed by atoms with Crippen LogP contribution in [0.3, 0.4) is 0 Å². The predicted octanol–water partition coefficient (Wildman–Crippen LogP) is 4.69. The minimum absolute atomic E-state index is 0.548. The Hall–Kier alpha value is -1.28. The van der Waals surface area contributed by atoms with E-state index in [4.69, 9.17) is 4.42 Å². The Morgan fingerprint density at radius 1 is 1.21 bits per heavy atom. The van der Waals surface area contributed by atoms with Crippen molar-refractivity contribution in [1.82, 2.24) is 5.32 Å². The molecule has 1 atom stereocenters. The Kier molecular flexibility index (Phi) is 4.65. The van der Waals surface area contributed by atoms with Crippen LogP contribution in [0.25, 0.3) is 11.0 Å². The summed E-state index contributed by atoms with van der Waals surface area (Å²) in [6.45, 7) is 10.8. The van der Waals surface area contributed by atoms with Gasteiger partial charge in [-0.1, -0.05) is 45.9 Å². The molecule has 0 aliphatic carbocycles. The van der Waals surface area contributed by atoms with Crippen LogP contribution < -0.4 is 5.32 Å². The van der Waals surface area contributed by atoms with Gasteiger partial charge in [0.25, 0.3) is 0 Å². The zero-order valence-electron chi connectivity index (χ0n) is 12.5. The predicted molar refractivity (Wildman–Crippen MR) is 81.5 cm³/mol. The molecule has 19 heavy (non-hydrogen) atoms. The lowest BCUT2D eigenvalue weighted by Crippen LogP contribution is -2.18. The molecule has 0 bridgehead atoms. The number of fused-ring (bicyclic) bond motifs is 1. The maximum absolute atomic E-state index is 5.82. The van der Waals surface area contributed by atoms with Crippen molar-refractivity contribution in [1.29, 1.82) is 0 Å². The molecule has 1 aromatic carbocycles. The first-order valence-corrected chi connectivity index (χ1v) is 7.33. The molecule has 0 amide bonds. The average molecular weight is 259 g/mol. The number of hydrogen-bond donors (Lipinski definition) is 1. The fourth-order valence-electron chi connectivity index (χ4n) is 2.37. The number of furan rings is 1. The van der Waals surface area contributed by atoms with Crippen molar-refractivity contribution in [2.75, 3.05) is 6.54 Å². The Balaban J connectivity index is 2.23. The summed E-state index contributed by atoms with van der Waals surface area (Å²) in [6.07, 6.45) is 3.05. The van der Waals surface area contributed by atoms with Gasteiger partial charge in [0.15, 0.2) is 0 Å². The van der Waals surface area contributed by atoms with Gasteiger partial charge in [-0.15, -0.1) is 0 Å². The van der Waals surface area contributed by atoms with E-state index >= 15 is 0 Å². The quantitative estimate of drug-likeness (QED) is 0.814. The van der Waals surface area contributed by atoms with Crippen LogP contribution in [0, 0.1) is 5.92 Å². The van der Waals surface area contributed by atoms with Gasteiger partial charge in [0.1, 0.15) is 5.58 Å². The van der Waals surface area contributed by atoms with Crippen LogP contribution in [-0.4, -0.2) is 6.54 Å². The molecule has 0 aliphatic heterocycles. The molecule has 0 saturated carbocycles. The Morgan fingerprint density at radius 2 is 2.00 bits per heavy atom. The van der Waals surface area contributed by atoms with Crippen LogP contribution in [0.15, 0.2) is 28.9 Å². The topological polar surface area (TPSA) is 25.2 Å². The van der Waals surface area contributed by atoms with E-state index in [1.54, 1.807) is 0 Å². The van der Waals surface area contributed by atoms with Gasteiger partial charge in [-0.2, -0.15) is 0 Å². The van der Waals surface area contributed by atoms with Gasteiger partial charge in [0.2, 0.25) is 0 Å². The summed E-state index contributed by atoms with van der Waals surface area (Å²) < 4.78 is 5.82. The highest BCUT2D eigenvalue weighted by atomic mass is 16.3. The highest BCUT2D eigenvalue weighted by Gasteiger charge is 2.13. The van der Waals surface area contributed by atoms with Crippen molar-refractivity contribution in [2.45, 2.75) is 46.6 Å². The summed E-state index contributed by atoms with van der Waals surface area (Å²) >= 11 is 0. The molecular weight excluding hydrogens is 234 g/mol. The molecular formula is C17H25NO. The number of rotatable bonds is 6. The average Bonchev–Trinajstić information content (AvgIpc) is 2.81. The number of benzene rings is 1. The lowest BCUT2D eigenvalue weighted by atomic mass is 9.96. The molecule has 0 saturated heterocycles. The van der Waals surface area contributed by atoms with Crippen LogP contribution in [-0.2, 0) is 6.54 Å². The van der Waals surface area contributed by atoms with Gasteiger partial charge < -0.3 is 9.73 Å². The molecule has 0 fully saturated rings. The zero-order chi connectivity index (χ0) is 13.8. The largest absolute Gasteiger partial charge is 0.464 e. The van der Waals surface area contributed by atoms with Crippen molar-refractivity contribution in [3.05, 3.63) is 35.6 Å². The van der Waals surface area contributed by atoms with Gasteiger partial charge >= 0.3 is 0 Å². The van der Waals surface area contributed by atoms with E-state index in [1.807, 2.05) is 6.26 Å². The van der Waals surface area contributed by atoms with E-state index in [0.29, 0.717) is 11.8 Å². The molecule has 0 spiro atoms. The van der Waals surface area contributed by atoms with E-state index in [0.717, 1.165) is 25.1 Å². The molecule has 0 aliphatic rings. The van der Waals surface area contributed by atoms with Crippen LogP contribution in [0.1, 0.15) is 51.2 Å². The minimum Gasteiger partial charge on any atom is -0.464 e. The molecule has 2 heteroatoms. The number of nitrogens with one attached hydrogen (secondary N) is 1. The third-order valence-electron chi connectivity index (χ3n) is 3.72.